The number of nitrogens with one attached hydrogen (secondary N) is 1. The van der Waals surface area contributed by atoms with Crippen molar-refractivity contribution in [3.05, 3.63) is 114 Å². The molecule has 0 aliphatic carbocycles. The quantitative estimate of drug-likeness (QED) is 0.216. The number of hydrogen-bond donors (Lipinski definition) is 1. The largest absolute Gasteiger partial charge is 0.497 e. The maximum absolute atomic E-state index is 13.6. The number of sulfonamides is 1. The van der Waals surface area contributed by atoms with Crippen LogP contribution in [0, 0.1) is 0 Å². The molecule has 11 heteroatoms. The average molecular weight is 587 g/mol. The Labute approximate surface area is 244 Å². The van der Waals surface area contributed by atoms with Crippen molar-refractivity contribution in [2.24, 2.45) is 5.10 Å². The van der Waals surface area contributed by atoms with E-state index in [9.17, 15) is 13.2 Å². The van der Waals surface area contributed by atoms with Gasteiger partial charge in [-0.3, -0.25) is 9.78 Å². The third-order valence-electron chi connectivity index (χ3n) is 6.64. The predicted octanol–water partition coefficient (Wildman–Crippen LogP) is 4.41. The first kappa shape index (κ1) is 28.8. The molecular formula is C31H30N4O6S. The monoisotopic (exact) mass is 586 g/mol. The van der Waals surface area contributed by atoms with Crippen molar-refractivity contribution in [2.45, 2.75) is 24.9 Å². The van der Waals surface area contributed by atoms with Gasteiger partial charge in [0.05, 0.1) is 17.7 Å². The van der Waals surface area contributed by atoms with E-state index in [1.54, 1.807) is 61.8 Å². The van der Waals surface area contributed by atoms with E-state index in [-0.39, 0.29) is 18.0 Å². The molecule has 0 fully saturated rings. The van der Waals surface area contributed by atoms with E-state index in [0.29, 0.717) is 47.3 Å². The number of methoxy groups -OCH3 is 1. The first-order valence-electron chi connectivity index (χ1n) is 13.2. The minimum Gasteiger partial charge on any atom is -0.497 e. The van der Waals surface area contributed by atoms with Gasteiger partial charge in [0.25, 0.3) is 5.91 Å². The minimum absolute atomic E-state index is 0.0898. The van der Waals surface area contributed by atoms with Crippen LogP contribution in [0.25, 0.3) is 0 Å². The highest BCUT2D eigenvalue weighted by Crippen LogP contribution is 2.31. The van der Waals surface area contributed by atoms with E-state index in [0.717, 1.165) is 11.1 Å². The number of nitrogens with zero attached hydrogens (tertiary/aromatic N) is 3. The fraction of sp³-hybridized carbons (Fsp3) is 0.194. The Balaban J connectivity index is 1.29. The Kier molecular flexibility index (Phi) is 8.80. The van der Waals surface area contributed by atoms with Gasteiger partial charge in [0.1, 0.15) is 19.0 Å². The van der Waals surface area contributed by atoms with Crippen LogP contribution in [0.4, 0.5) is 0 Å². The zero-order valence-corrected chi connectivity index (χ0v) is 24.0. The topological polar surface area (TPSA) is 119 Å². The molecule has 1 N–H and O–H groups in total. The molecule has 1 aromatic heterocycles. The number of pyridine rings is 1. The summed E-state index contributed by atoms with van der Waals surface area (Å²) in [4.78, 5) is 17.1. The Hall–Kier alpha value is -4.74. The minimum atomic E-state index is -3.86. The van der Waals surface area contributed by atoms with E-state index in [4.69, 9.17) is 14.2 Å². The van der Waals surface area contributed by atoms with Crippen LogP contribution in [0.1, 0.15) is 34.0 Å². The zero-order valence-electron chi connectivity index (χ0n) is 23.2. The Morgan fingerprint density at radius 2 is 1.62 bits per heavy atom. The number of ether oxygens (including phenoxy) is 3. The van der Waals surface area contributed by atoms with Crippen LogP contribution >= 0.6 is 0 Å². The van der Waals surface area contributed by atoms with Crippen molar-refractivity contribution in [3.8, 4) is 17.2 Å². The normalized spacial score (nSPS) is 13.1. The molecule has 0 radical (unpaired) electrons. The lowest BCUT2D eigenvalue weighted by molar-refractivity contribution is 0.0954. The van der Waals surface area contributed by atoms with Crippen molar-refractivity contribution >= 4 is 21.6 Å². The summed E-state index contributed by atoms with van der Waals surface area (Å²) in [7, 11) is -2.34. The van der Waals surface area contributed by atoms with Gasteiger partial charge in [-0.15, -0.1) is 0 Å². The molecule has 216 valence electrons. The SMILES string of the molecule is COc1ccc(S(=O)(=O)N(Cc2ccc(C(=O)N/N=C(\C)c3ccc4c(c3)OCCO4)cc2)Cc2cccnc2)cc1. The van der Waals surface area contributed by atoms with Gasteiger partial charge in [-0.25, -0.2) is 13.8 Å². The average Bonchev–Trinajstić information content (AvgIpc) is 3.03. The highest BCUT2D eigenvalue weighted by atomic mass is 32.2. The standard InChI is InChI=1S/C31H30N4O6S/c1-22(26-9-14-29-30(18-26)41-17-16-40-29)33-34-31(36)25-7-5-23(6-8-25)20-35(21-24-4-3-15-32-19-24)42(37,38)28-12-10-27(39-2)11-13-28/h3-15,18-19H,16-17,20-21H2,1-2H3,(H,34,36)/b33-22+. The lowest BCUT2D eigenvalue weighted by atomic mass is 10.1. The summed E-state index contributed by atoms with van der Waals surface area (Å²) < 4.78 is 45.0. The Bertz CT molecular complexity index is 1680. The van der Waals surface area contributed by atoms with Gasteiger partial charge in [0.15, 0.2) is 11.5 Å². The summed E-state index contributed by atoms with van der Waals surface area (Å²) in [6.07, 6.45) is 3.27. The fourth-order valence-corrected chi connectivity index (χ4v) is 5.73. The molecule has 0 bridgehead atoms. The highest BCUT2D eigenvalue weighted by Gasteiger charge is 2.25. The second-order valence-corrected chi connectivity index (χ2v) is 11.4. The van der Waals surface area contributed by atoms with Crippen molar-refractivity contribution < 1.29 is 27.4 Å². The number of benzene rings is 3. The molecule has 0 saturated heterocycles. The molecule has 2 heterocycles. The Morgan fingerprint density at radius 3 is 2.31 bits per heavy atom. The zero-order chi connectivity index (χ0) is 29.5. The molecule has 1 amide bonds. The molecule has 0 atom stereocenters. The first-order chi connectivity index (χ1) is 20.3. The van der Waals surface area contributed by atoms with Crippen LogP contribution < -0.4 is 19.6 Å². The molecule has 10 nitrogen and oxygen atoms in total. The number of hydrazone groups is 1. The van der Waals surface area contributed by atoms with Crippen LogP contribution in [0.5, 0.6) is 17.2 Å². The van der Waals surface area contributed by atoms with Crippen molar-refractivity contribution in [2.75, 3.05) is 20.3 Å². The first-order valence-corrected chi connectivity index (χ1v) is 14.6. The Morgan fingerprint density at radius 1 is 0.929 bits per heavy atom. The number of hydrogen-bond acceptors (Lipinski definition) is 8. The molecule has 42 heavy (non-hydrogen) atoms. The molecular weight excluding hydrogens is 556 g/mol. The van der Waals surface area contributed by atoms with Gasteiger partial charge >= 0.3 is 0 Å². The van der Waals surface area contributed by atoms with Crippen LogP contribution in [0.3, 0.4) is 0 Å². The summed E-state index contributed by atoms with van der Waals surface area (Å²) >= 11 is 0. The van der Waals surface area contributed by atoms with Crippen LogP contribution in [0.2, 0.25) is 0 Å². The molecule has 0 spiro atoms. The van der Waals surface area contributed by atoms with Gasteiger partial charge in [-0.1, -0.05) is 18.2 Å². The summed E-state index contributed by atoms with van der Waals surface area (Å²) in [6, 6.07) is 22.1. The predicted molar refractivity (Wildman–Crippen MR) is 157 cm³/mol. The number of carbonyl (C=O) groups excluding carboxylic acids is 1. The summed E-state index contributed by atoms with van der Waals surface area (Å²) in [5.41, 5.74) is 5.82. The van der Waals surface area contributed by atoms with Gasteiger partial charge in [0, 0.05) is 36.6 Å². The number of aromatic nitrogens is 1. The number of amides is 1. The molecule has 0 unspecified atom stereocenters. The van der Waals surface area contributed by atoms with Crippen molar-refractivity contribution in [1.29, 1.82) is 0 Å². The second-order valence-electron chi connectivity index (χ2n) is 9.50. The maximum Gasteiger partial charge on any atom is 0.271 e. The van der Waals surface area contributed by atoms with Crippen LogP contribution in [-0.4, -0.2) is 49.6 Å². The number of rotatable bonds is 10. The lowest BCUT2D eigenvalue weighted by Crippen LogP contribution is -2.30. The summed E-state index contributed by atoms with van der Waals surface area (Å²) in [5, 5.41) is 4.23. The smallest absolute Gasteiger partial charge is 0.271 e. The molecule has 1 aliphatic heterocycles. The van der Waals surface area contributed by atoms with Gasteiger partial charge in [0.2, 0.25) is 10.0 Å². The highest BCUT2D eigenvalue weighted by molar-refractivity contribution is 7.89. The van der Waals surface area contributed by atoms with Gasteiger partial charge < -0.3 is 14.2 Å². The molecule has 4 aromatic rings. The van der Waals surface area contributed by atoms with Crippen LogP contribution in [0.15, 0.2) is 101 Å². The third kappa shape index (κ3) is 6.76. The summed E-state index contributed by atoms with van der Waals surface area (Å²) in [5.74, 6) is 1.49. The van der Waals surface area contributed by atoms with E-state index in [1.165, 1.54) is 23.5 Å². The van der Waals surface area contributed by atoms with E-state index in [2.05, 4.69) is 15.5 Å². The van der Waals surface area contributed by atoms with Crippen molar-refractivity contribution in [1.82, 2.24) is 14.7 Å². The van der Waals surface area contributed by atoms with Crippen LogP contribution in [-0.2, 0) is 23.1 Å². The van der Waals surface area contributed by atoms with Gasteiger partial charge in [-0.2, -0.15) is 9.41 Å². The van der Waals surface area contributed by atoms with Crippen molar-refractivity contribution in [3.63, 3.8) is 0 Å². The summed E-state index contributed by atoms with van der Waals surface area (Å²) in [6.45, 7) is 2.99. The molecule has 3 aromatic carbocycles. The molecule has 5 rings (SSSR count). The van der Waals surface area contributed by atoms with E-state index >= 15 is 0 Å². The maximum atomic E-state index is 13.6. The number of carbonyl (C=O) groups is 1. The van der Waals surface area contributed by atoms with E-state index < -0.39 is 15.9 Å². The molecule has 1 aliphatic rings. The molecule has 0 saturated carbocycles. The number of fused-ring (bicyclic) bond motifs is 1. The van der Waals surface area contributed by atoms with E-state index in [1.807, 2.05) is 24.3 Å². The fourth-order valence-electron chi connectivity index (χ4n) is 4.32. The second kappa shape index (κ2) is 12.8. The third-order valence-corrected chi connectivity index (χ3v) is 8.45. The van der Waals surface area contributed by atoms with Gasteiger partial charge in [-0.05, 0) is 78.7 Å². The lowest BCUT2D eigenvalue weighted by Gasteiger charge is -2.22.